The van der Waals surface area contributed by atoms with E-state index in [2.05, 4.69) is 85.4 Å². The normalized spacial score (nSPS) is 16.2. The average Bonchev–Trinajstić information content (AvgIpc) is 3.23. The number of benzene rings is 3. The summed E-state index contributed by atoms with van der Waals surface area (Å²) in [6.07, 6.45) is 4.20. The van der Waals surface area contributed by atoms with E-state index in [1.165, 1.54) is 30.0 Å². The summed E-state index contributed by atoms with van der Waals surface area (Å²) in [5.74, 6) is 1.55. The molecular weight excluding hydrogens is 513 g/mol. The van der Waals surface area contributed by atoms with Crippen molar-refractivity contribution in [3.05, 3.63) is 99.0 Å². The zero-order chi connectivity index (χ0) is 23.5. The smallest absolute Gasteiger partial charge is 0.144 e. The van der Waals surface area contributed by atoms with Crippen molar-refractivity contribution in [1.29, 1.82) is 0 Å². The molecule has 0 saturated carbocycles. The van der Waals surface area contributed by atoms with Gasteiger partial charge in [0.25, 0.3) is 0 Å². The Bertz CT molecular complexity index is 1190. The van der Waals surface area contributed by atoms with Gasteiger partial charge in [-0.25, -0.2) is 9.37 Å². The first-order valence-corrected chi connectivity index (χ1v) is 13.1. The minimum Gasteiger partial charge on any atom is -0.342 e. The first kappa shape index (κ1) is 23.5. The second kappa shape index (κ2) is 10.6. The number of aromatic nitrogens is 2. The van der Waals surface area contributed by atoms with Crippen LogP contribution in [-0.2, 0) is 13.0 Å². The van der Waals surface area contributed by atoms with Crippen LogP contribution in [0.4, 0.5) is 4.39 Å². The third-order valence-electron chi connectivity index (χ3n) is 7.01. The molecule has 5 rings (SSSR count). The highest BCUT2D eigenvalue weighted by atomic mass is 79.9. The number of likely N-dealkylation sites (tertiary alicyclic amines) is 1. The van der Waals surface area contributed by atoms with Gasteiger partial charge in [0.15, 0.2) is 0 Å². The Morgan fingerprint density at radius 2 is 1.79 bits per heavy atom. The molecule has 0 amide bonds. The summed E-state index contributed by atoms with van der Waals surface area (Å²) in [6.45, 7) is 3.26. The summed E-state index contributed by atoms with van der Waals surface area (Å²) in [5, 5.41) is 0.123. The summed E-state index contributed by atoms with van der Waals surface area (Å²) in [7, 11) is 0. The second-order valence-electron chi connectivity index (χ2n) is 9.26. The van der Waals surface area contributed by atoms with Crippen molar-refractivity contribution < 1.29 is 4.39 Å². The third kappa shape index (κ3) is 5.54. The highest BCUT2D eigenvalue weighted by Crippen LogP contribution is 2.37. The highest BCUT2D eigenvalue weighted by molar-refractivity contribution is 9.10. The van der Waals surface area contributed by atoms with Crippen LogP contribution in [0, 0.1) is 11.7 Å². The van der Waals surface area contributed by atoms with E-state index in [-0.39, 0.29) is 5.02 Å². The van der Waals surface area contributed by atoms with Gasteiger partial charge in [-0.05, 0) is 73.5 Å². The lowest BCUT2D eigenvalue weighted by Crippen LogP contribution is -2.35. The van der Waals surface area contributed by atoms with Crippen molar-refractivity contribution in [1.82, 2.24) is 14.9 Å². The summed E-state index contributed by atoms with van der Waals surface area (Å²) < 4.78 is 14.9. The molecule has 1 aromatic heterocycles. The number of fused-ring (bicyclic) bond motifs is 1. The topological polar surface area (TPSA) is 31.9 Å². The van der Waals surface area contributed by atoms with E-state index >= 15 is 0 Å². The number of halogens is 3. The zero-order valence-corrected chi connectivity index (χ0v) is 21.3. The molecule has 1 N–H and O–H groups in total. The van der Waals surface area contributed by atoms with Gasteiger partial charge in [0.2, 0.25) is 0 Å². The van der Waals surface area contributed by atoms with Crippen molar-refractivity contribution in [3.63, 3.8) is 0 Å². The first-order chi connectivity index (χ1) is 16.5. The summed E-state index contributed by atoms with van der Waals surface area (Å²) in [6, 6.07) is 22.5. The van der Waals surface area contributed by atoms with Gasteiger partial charge < -0.3 is 4.98 Å². The number of rotatable bonds is 7. The molecule has 1 saturated heterocycles. The largest absolute Gasteiger partial charge is 0.342 e. The number of nitrogens with one attached hydrogen (secondary N) is 1. The fourth-order valence-electron chi connectivity index (χ4n) is 5.21. The minimum atomic E-state index is -0.429. The van der Waals surface area contributed by atoms with Crippen LogP contribution < -0.4 is 0 Å². The van der Waals surface area contributed by atoms with Crippen LogP contribution in [0.25, 0.3) is 11.0 Å². The standard InChI is InChI=1S/C28H28BrClFN3/c29-22-8-6-20(7-9-22)23(10-11-28-32-26-16-24(30)25(31)17-27(26)33-28)21-12-14-34(15-13-21)18-19-4-2-1-3-5-19/h1-9,16-17,21,23H,10-15,18H2,(H,32,33). The summed E-state index contributed by atoms with van der Waals surface area (Å²) in [5.41, 5.74) is 4.18. The van der Waals surface area contributed by atoms with Crippen LogP contribution in [0.3, 0.4) is 0 Å². The van der Waals surface area contributed by atoms with E-state index in [4.69, 9.17) is 11.6 Å². The Balaban J connectivity index is 1.29. The average molecular weight is 541 g/mol. The van der Waals surface area contributed by atoms with Gasteiger partial charge in [0.05, 0.1) is 16.1 Å². The van der Waals surface area contributed by atoms with Gasteiger partial charge in [-0.1, -0.05) is 70.0 Å². The molecule has 4 aromatic rings. The highest BCUT2D eigenvalue weighted by Gasteiger charge is 2.28. The molecule has 1 fully saturated rings. The van der Waals surface area contributed by atoms with Gasteiger partial charge in [-0.2, -0.15) is 0 Å². The van der Waals surface area contributed by atoms with Crippen LogP contribution >= 0.6 is 27.5 Å². The molecule has 34 heavy (non-hydrogen) atoms. The van der Waals surface area contributed by atoms with E-state index in [1.54, 1.807) is 6.07 Å². The second-order valence-corrected chi connectivity index (χ2v) is 10.6. The SMILES string of the molecule is Fc1cc2nc(CCC(c3ccc(Br)cc3)C3CCN(Cc4ccccc4)CC3)[nH]c2cc1Cl. The maximum atomic E-state index is 13.8. The van der Waals surface area contributed by atoms with Crippen molar-refractivity contribution in [2.45, 2.75) is 38.1 Å². The lowest BCUT2D eigenvalue weighted by atomic mass is 9.77. The fourth-order valence-corrected chi connectivity index (χ4v) is 5.64. The minimum absolute atomic E-state index is 0.123. The Morgan fingerprint density at radius 1 is 1.06 bits per heavy atom. The van der Waals surface area contributed by atoms with Crippen molar-refractivity contribution in [2.24, 2.45) is 5.92 Å². The summed E-state index contributed by atoms with van der Waals surface area (Å²) >= 11 is 9.52. The summed E-state index contributed by atoms with van der Waals surface area (Å²) in [4.78, 5) is 10.5. The quantitative estimate of drug-likeness (QED) is 0.260. The number of nitrogens with zero attached hydrogens (tertiary/aromatic N) is 2. The first-order valence-electron chi connectivity index (χ1n) is 11.9. The zero-order valence-electron chi connectivity index (χ0n) is 19.0. The molecule has 6 heteroatoms. The van der Waals surface area contributed by atoms with Gasteiger partial charge >= 0.3 is 0 Å². The Kier molecular flexibility index (Phi) is 7.33. The predicted molar refractivity (Wildman–Crippen MR) is 141 cm³/mol. The number of imidazole rings is 1. The maximum Gasteiger partial charge on any atom is 0.144 e. The molecule has 0 spiro atoms. The van der Waals surface area contributed by atoms with E-state index in [9.17, 15) is 4.39 Å². The van der Waals surface area contributed by atoms with Gasteiger partial charge in [-0.15, -0.1) is 0 Å². The molecule has 1 atom stereocenters. The van der Waals surface area contributed by atoms with E-state index < -0.39 is 5.82 Å². The lowest BCUT2D eigenvalue weighted by molar-refractivity contribution is 0.159. The molecular formula is C28H28BrClFN3. The fraction of sp³-hybridized carbons (Fsp3) is 0.321. The van der Waals surface area contributed by atoms with E-state index in [0.717, 1.165) is 48.3 Å². The molecule has 3 aromatic carbocycles. The number of hydrogen-bond acceptors (Lipinski definition) is 2. The van der Waals surface area contributed by atoms with Crippen LogP contribution in [0.1, 0.15) is 42.1 Å². The Labute approximate surface area is 213 Å². The molecule has 3 nitrogen and oxygen atoms in total. The van der Waals surface area contributed by atoms with Crippen molar-refractivity contribution >= 4 is 38.6 Å². The van der Waals surface area contributed by atoms with Crippen LogP contribution in [0.5, 0.6) is 0 Å². The molecule has 2 heterocycles. The molecule has 0 aliphatic carbocycles. The molecule has 1 aliphatic heterocycles. The van der Waals surface area contributed by atoms with Crippen molar-refractivity contribution in [2.75, 3.05) is 13.1 Å². The van der Waals surface area contributed by atoms with Crippen molar-refractivity contribution in [3.8, 4) is 0 Å². The van der Waals surface area contributed by atoms with Gasteiger partial charge in [0, 0.05) is 23.5 Å². The maximum absolute atomic E-state index is 13.8. The predicted octanol–water partition coefficient (Wildman–Crippen LogP) is 7.75. The lowest BCUT2D eigenvalue weighted by Gasteiger charge is -2.36. The number of H-pyrrole nitrogens is 1. The molecule has 1 unspecified atom stereocenters. The van der Waals surface area contributed by atoms with E-state index in [0.29, 0.717) is 17.4 Å². The molecule has 0 radical (unpaired) electrons. The van der Waals surface area contributed by atoms with Gasteiger partial charge in [-0.3, -0.25) is 4.90 Å². The third-order valence-corrected chi connectivity index (χ3v) is 7.83. The number of piperidine rings is 1. The molecule has 176 valence electrons. The number of aromatic amines is 1. The Hall–Kier alpha value is -2.21. The van der Waals surface area contributed by atoms with E-state index in [1.807, 2.05) is 0 Å². The van der Waals surface area contributed by atoms with Gasteiger partial charge in [0.1, 0.15) is 11.6 Å². The monoisotopic (exact) mass is 539 g/mol. The van der Waals surface area contributed by atoms with Crippen LogP contribution in [0.15, 0.2) is 71.2 Å². The molecule has 1 aliphatic rings. The van der Waals surface area contributed by atoms with Crippen LogP contribution in [0.2, 0.25) is 5.02 Å². The van der Waals surface area contributed by atoms with Crippen LogP contribution in [-0.4, -0.2) is 28.0 Å². The number of aryl methyl sites for hydroxylation is 1. The Morgan fingerprint density at radius 3 is 2.53 bits per heavy atom. The molecule has 0 bridgehead atoms. The number of hydrogen-bond donors (Lipinski definition) is 1.